The van der Waals surface area contributed by atoms with Crippen LogP contribution in [0.15, 0.2) is 24.4 Å². The molecule has 0 spiro atoms. The highest BCUT2D eigenvalue weighted by atomic mass is 35.5. The van der Waals surface area contributed by atoms with E-state index in [9.17, 15) is 5.11 Å². The highest BCUT2D eigenvalue weighted by Crippen LogP contribution is 2.25. The average molecular weight is 252 g/mol. The Balaban J connectivity index is 2.20. The minimum absolute atomic E-state index is 0.440. The smallest absolute Gasteiger partial charge is 0.0856 e. The van der Waals surface area contributed by atoms with E-state index >= 15 is 0 Å². The third-order valence-electron chi connectivity index (χ3n) is 2.72. The highest BCUT2D eigenvalue weighted by molar-refractivity contribution is 6.31. The Hall–Kier alpha value is -1.39. The number of nitrogens with zero attached hydrogens (tertiary/aromatic N) is 3. The number of aryl methyl sites for hydroxylation is 1. The van der Waals surface area contributed by atoms with Crippen LogP contribution in [0.1, 0.15) is 22.9 Å². The van der Waals surface area contributed by atoms with E-state index in [1.807, 2.05) is 25.1 Å². The van der Waals surface area contributed by atoms with E-state index in [1.165, 1.54) is 0 Å². The molecule has 1 heterocycles. The van der Waals surface area contributed by atoms with Crippen molar-refractivity contribution in [1.82, 2.24) is 15.0 Å². The molecule has 17 heavy (non-hydrogen) atoms. The average Bonchev–Trinajstić information content (AvgIpc) is 2.68. The molecule has 5 heteroatoms. The number of hydrogen-bond donors (Lipinski definition) is 1. The first-order chi connectivity index (χ1) is 8.08. The van der Waals surface area contributed by atoms with Crippen molar-refractivity contribution >= 4 is 11.6 Å². The van der Waals surface area contributed by atoms with Crippen molar-refractivity contribution in [3.63, 3.8) is 0 Å². The number of hydrogen-bond acceptors (Lipinski definition) is 3. The van der Waals surface area contributed by atoms with Crippen molar-refractivity contribution in [3.05, 3.63) is 46.2 Å². The van der Waals surface area contributed by atoms with Crippen molar-refractivity contribution in [2.45, 2.75) is 19.4 Å². The Kier molecular flexibility index (Phi) is 3.45. The van der Waals surface area contributed by atoms with Crippen LogP contribution in [0.2, 0.25) is 5.02 Å². The van der Waals surface area contributed by atoms with E-state index < -0.39 is 6.10 Å². The molecular formula is C12H14ClN3O. The third-order valence-corrected chi connectivity index (χ3v) is 3.13. The van der Waals surface area contributed by atoms with E-state index in [4.69, 9.17) is 11.6 Å². The van der Waals surface area contributed by atoms with Gasteiger partial charge >= 0.3 is 0 Å². The zero-order chi connectivity index (χ0) is 12.4. The number of rotatable bonds is 3. The van der Waals surface area contributed by atoms with Gasteiger partial charge in [-0.05, 0) is 24.1 Å². The van der Waals surface area contributed by atoms with Gasteiger partial charge in [-0.25, -0.2) is 0 Å². The summed E-state index contributed by atoms with van der Waals surface area (Å²) in [5, 5.41) is 18.6. The van der Waals surface area contributed by atoms with Gasteiger partial charge in [0.1, 0.15) is 0 Å². The van der Waals surface area contributed by atoms with Crippen LogP contribution in [0.3, 0.4) is 0 Å². The summed E-state index contributed by atoms with van der Waals surface area (Å²) in [7, 11) is 1.80. The van der Waals surface area contributed by atoms with E-state index in [0.717, 1.165) is 16.8 Å². The number of benzene rings is 1. The molecule has 0 fully saturated rings. The summed E-state index contributed by atoms with van der Waals surface area (Å²) in [6.07, 6.45) is 1.63. The van der Waals surface area contributed by atoms with Gasteiger partial charge < -0.3 is 5.11 Å². The lowest BCUT2D eigenvalue weighted by molar-refractivity contribution is 0.176. The first kappa shape index (κ1) is 12.1. The van der Waals surface area contributed by atoms with Crippen molar-refractivity contribution in [3.8, 4) is 0 Å². The fourth-order valence-electron chi connectivity index (χ4n) is 1.78. The quantitative estimate of drug-likeness (QED) is 0.908. The van der Waals surface area contributed by atoms with Crippen LogP contribution in [0.5, 0.6) is 0 Å². The molecule has 1 N–H and O–H groups in total. The zero-order valence-corrected chi connectivity index (χ0v) is 10.5. The maximum absolute atomic E-state index is 10.2. The van der Waals surface area contributed by atoms with Gasteiger partial charge in [-0.15, -0.1) is 5.10 Å². The summed E-state index contributed by atoms with van der Waals surface area (Å²) < 4.78 is 1.62. The van der Waals surface area contributed by atoms with E-state index in [1.54, 1.807) is 17.9 Å². The van der Waals surface area contributed by atoms with Crippen molar-refractivity contribution in [1.29, 1.82) is 0 Å². The monoisotopic (exact) mass is 251 g/mol. The predicted octanol–water partition coefficient (Wildman–Crippen LogP) is 2.05. The molecule has 0 saturated carbocycles. The Morgan fingerprint density at radius 3 is 2.88 bits per heavy atom. The lowest BCUT2D eigenvalue weighted by atomic mass is 10.0. The van der Waals surface area contributed by atoms with Crippen molar-refractivity contribution in [2.24, 2.45) is 7.05 Å². The summed E-state index contributed by atoms with van der Waals surface area (Å²) in [5.74, 6) is 0. The van der Waals surface area contributed by atoms with Crippen LogP contribution >= 0.6 is 11.6 Å². The summed E-state index contributed by atoms with van der Waals surface area (Å²) in [5.41, 5.74) is 2.51. The molecule has 4 nitrogen and oxygen atoms in total. The molecule has 0 amide bonds. The maximum atomic E-state index is 10.2. The molecule has 0 saturated heterocycles. The van der Waals surface area contributed by atoms with Crippen LogP contribution in [0.25, 0.3) is 0 Å². The highest BCUT2D eigenvalue weighted by Gasteiger charge is 2.14. The topological polar surface area (TPSA) is 50.9 Å². The standard InChI is InChI=1S/C12H14ClN3O/c1-8-10(4-3-5-11(8)13)12(17)6-9-7-16(2)15-14-9/h3-5,7,12,17H,6H2,1-2H3. The number of aromatic nitrogens is 3. The maximum Gasteiger partial charge on any atom is 0.0856 e. The molecule has 0 bridgehead atoms. The molecule has 2 rings (SSSR count). The normalized spacial score (nSPS) is 12.7. The molecule has 1 atom stereocenters. The van der Waals surface area contributed by atoms with Gasteiger partial charge in [0.25, 0.3) is 0 Å². The summed E-state index contributed by atoms with van der Waals surface area (Å²) in [4.78, 5) is 0. The largest absolute Gasteiger partial charge is 0.388 e. The van der Waals surface area contributed by atoms with Gasteiger partial charge in [0.15, 0.2) is 0 Å². The molecule has 0 aliphatic heterocycles. The second-order valence-electron chi connectivity index (χ2n) is 4.06. The summed E-state index contributed by atoms with van der Waals surface area (Å²) >= 11 is 6.02. The molecule has 0 aliphatic carbocycles. The fourth-order valence-corrected chi connectivity index (χ4v) is 1.96. The molecule has 0 radical (unpaired) electrons. The molecule has 0 aliphatic rings. The number of halogens is 1. The summed E-state index contributed by atoms with van der Waals surface area (Å²) in [6, 6.07) is 5.53. The lowest BCUT2D eigenvalue weighted by Crippen LogP contribution is -2.04. The van der Waals surface area contributed by atoms with Crippen LogP contribution in [0.4, 0.5) is 0 Å². The Bertz CT molecular complexity index is 524. The Morgan fingerprint density at radius 2 is 2.24 bits per heavy atom. The van der Waals surface area contributed by atoms with Crippen LogP contribution < -0.4 is 0 Å². The predicted molar refractivity (Wildman–Crippen MR) is 65.9 cm³/mol. The molecule has 1 unspecified atom stereocenters. The number of aliphatic hydroxyl groups excluding tert-OH is 1. The van der Waals surface area contributed by atoms with Gasteiger partial charge in [-0.2, -0.15) is 0 Å². The molecular weight excluding hydrogens is 238 g/mol. The number of aliphatic hydroxyl groups is 1. The van der Waals surface area contributed by atoms with E-state index in [-0.39, 0.29) is 0 Å². The lowest BCUT2D eigenvalue weighted by Gasteiger charge is -2.13. The first-order valence-electron chi connectivity index (χ1n) is 5.36. The second-order valence-corrected chi connectivity index (χ2v) is 4.46. The SMILES string of the molecule is Cc1c(Cl)cccc1C(O)Cc1cn(C)nn1. The molecule has 90 valence electrons. The van der Waals surface area contributed by atoms with Gasteiger partial charge in [-0.1, -0.05) is 28.9 Å². The van der Waals surface area contributed by atoms with Gasteiger partial charge in [0.05, 0.1) is 11.8 Å². The van der Waals surface area contributed by atoms with Gasteiger partial charge in [0, 0.05) is 24.7 Å². The summed E-state index contributed by atoms with van der Waals surface area (Å²) in [6.45, 7) is 1.90. The molecule has 2 aromatic rings. The first-order valence-corrected chi connectivity index (χ1v) is 5.74. The van der Waals surface area contributed by atoms with E-state index in [2.05, 4.69) is 10.3 Å². The minimum Gasteiger partial charge on any atom is -0.388 e. The Morgan fingerprint density at radius 1 is 1.47 bits per heavy atom. The van der Waals surface area contributed by atoms with Crippen molar-refractivity contribution in [2.75, 3.05) is 0 Å². The molecule has 1 aromatic heterocycles. The van der Waals surface area contributed by atoms with Crippen molar-refractivity contribution < 1.29 is 5.11 Å². The molecule has 1 aromatic carbocycles. The van der Waals surface area contributed by atoms with Gasteiger partial charge in [-0.3, -0.25) is 4.68 Å². The fraction of sp³-hybridized carbons (Fsp3) is 0.333. The van der Waals surface area contributed by atoms with Crippen LogP contribution in [0, 0.1) is 6.92 Å². The third kappa shape index (κ3) is 2.65. The minimum atomic E-state index is -0.606. The zero-order valence-electron chi connectivity index (χ0n) is 9.76. The van der Waals surface area contributed by atoms with E-state index in [0.29, 0.717) is 11.4 Å². The van der Waals surface area contributed by atoms with Crippen LogP contribution in [-0.2, 0) is 13.5 Å². The van der Waals surface area contributed by atoms with Crippen LogP contribution in [-0.4, -0.2) is 20.1 Å². The van der Waals surface area contributed by atoms with Gasteiger partial charge in [0.2, 0.25) is 0 Å². The Labute approximate surface area is 105 Å². The second kappa shape index (κ2) is 4.85.